The number of rotatable bonds is 7. The predicted molar refractivity (Wildman–Crippen MR) is 165 cm³/mol. The SMILES string of the molecule is CC(C)c1cccc(C(C)C)c1-n1ccnc1-c1[c-]c(Cc2nc(-c3[c-]cccc3)cc3ccccc23)ccc1.[Pt+2]. The third-order valence-electron chi connectivity index (χ3n) is 7.48. The maximum atomic E-state index is 5.11. The fourth-order valence-electron chi connectivity index (χ4n) is 5.50. The quantitative estimate of drug-likeness (QED) is 0.155. The maximum absolute atomic E-state index is 5.11. The van der Waals surface area contributed by atoms with E-state index in [1.807, 2.05) is 24.4 Å². The molecule has 0 fully saturated rings. The number of nitrogens with zero attached hydrogens (tertiary/aromatic N) is 3. The molecule has 2 aromatic heterocycles. The molecule has 0 saturated heterocycles. The summed E-state index contributed by atoms with van der Waals surface area (Å²) in [6.07, 6.45) is 4.65. The smallest absolute Gasteiger partial charge is 0.340 e. The van der Waals surface area contributed by atoms with Gasteiger partial charge in [0.2, 0.25) is 0 Å². The van der Waals surface area contributed by atoms with Crippen molar-refractivity contribution in [3.05, 3.63) is 138 Å². The number of hydrogen-bond donors (Lipinski definition) is 0. The Kier molecular flexibility index (Phi) is 8.66. The van der Waals surface area contributed by atoms with Crippen LogP contribution in [-0.2, 0) is 27.5 Å². The van der Waals surface area contributed by atoms with Crippen LogP contribution in [-0.4, -0.2) is 14.5 Å². The minimum Gasteiger partial charge on any atom is -0.340 e. The molecule has 4 aromatic carbocycles. The van der Waals surface area contributed by atoms with Gasteiger partial charge >= 0.3 is 21.1 Å². The third-order valence-corrected chi connectivity index (χ3v) is 7.48. The van der Waals surface area contributed by atoms with Gasteiger partial charge in [0.25, 0.3) is 0 Å². The van der Waals surface area contributed by atoms with Gasteiger partial charge < -0.3 is 9.55 Å². The zero-order chi connectivity index (χ0) is 27.6. The first-order valence-corrected chi connectivity index (χ1v) is 14.0. The number of aromatic nitrogens is 3. The van der Waals surface area contributed by atoms with Crippen LogP contribution in [0.4, 0.5) is 0 Å². The Hall–Kier alpha value is -3.81. The minimum atomic E-state index is 0. The molecule has 0 radical (unpaired) electrons. The number of fused-ring (bicyclic) bond motifs is 1. The van der Waals surface area contributed by atoms with Crippen LogP contribution in [0.15, 0.2) is 103 Å². The van der Waals surface area contributed by atoms with Crippen molar-refractivity contribution in [1.29, 1.82) is 0 Å². The summed E-state index contributed by atoms with van der Waals surface area (Å²) < 4.78 is 2.25. The van der Waals surface area contributed by atoms with E-state index in [0.717, 1.165) is 39.3 Å². The van der Waals surface area contributed by atoms with E-state index in [1.165, 1.54) is 22.2 Å². The van der Waals surface area contributed by atoms with Crippen molar-refractivity contribution in [2.75, 3.05) is 0 Å². The second kappa shape index (κ2) is 12.4. The summed E-state index contributed by atoms with van der Waals surface area (Å²) in [6, 6.07) is 38.7. The van der Waals surface area contributed by atoms with E-state index >= 15 is 0 Å². The Bertz CT molecular complexity index is 1760. The van der Waals surface area contributed by atoms with Crippen LogP contribution in [0.25, 0.3) is 39.1 Å². The molecule has 2 heterocycles. The van der Waals surface area contributed by atoms with Crippen LogP contribution in [0, 0.1) is 12.1 Å². The van der Waals surface area contributed by atoms with E-state index in [0.29, 0.717) is 18.3 Å². The van der Waals surface area contributed by atoms with E-state index in [-0.39, 0.29) is 21.1 Å². The molecular weight excluding hydrogens is 682 g/mol. The molecular formula is C37H33N3Pt. The van der Waals surface area contributed by atoms with E-state index in [9.17, 15) is 0 Å². The number of hydrogen-bond acceptors (Lipinski definition) is 2. The van der Waals surface area contributed by atoms with Crippen LogP contribution in [0.2, 0.25) is 0 Å². The summed E-state index contributed by atoms with van der Waals surface area (Å²) in [4.78, 5) is 9.94. The molecule has 6 rings (SSSR count). The summed E-state index contributed by atoms with van der Waals surface area (Å²) in [5.41, 5.74) is 8.92. The molecule has 0 saturated carbocycles. The Balaban J connectivity index is 0.00000337. The average Bonchev–Trinajstić information content (AvgIpc) is 3.47. The minimum absolute atomic E-state index is 0. The molecule has 0 aliphatic rings. The van der Waals surface area contributed by atoms with Crippen LogP contribution in [0.3, 0.4) is 0 Å². The largest absolute Gasteiger partial charge is 2.00 e. The molecule has 0 unspecified atom stereocenters. The maximum Gasteiger partial charge on any atom is 2.00 e. The Morgan fingerprint density at radius 3 is 2.22 bits per heavy atom. The Labute approximate surface area is 257 Å². The average molecular weight is 715 g/mol. The number of benzene rings is 4. The summed E-state index contributed by atoms with van der Waals surface area (Å²) >= 11 is 0. The van der Waals surface area contributed by atoms with Crippen LogP contribution >= 0.6 is 0 Å². The van der Waals surface area contributed by atoms with Crippen LogP contribution in [0.5, 0.6) is 0 Å². The molecule has 0 aliphatic carbocycles. The van der Waals surface area contributed by atoms with E-state index in [1.54, 1.807) is 0 Å². The zero-order valence-corrected chi connectivity index (χ0v) is 26.1. The van der Waals surface area contributed by atoms with Crippen LogP contribution < -0.4 is 0 Å². The van der Waals surface area contributed by atoms with Gasteiger partial charge in [0.15, 0.2) is 0 Å². The van der Waals surface area contributed by atoms with Crippen molar-refractivity contribution in [3.63, 3.8) is 0 Å². The van der Waals surface area contributed by atoms with Gasteiger partial charge in [-0.25, -0.2) is 0 Å². The molecule has 3 nitrogen and oxygen atoms in total. The molecule has 41 heavy (non-hydrogen) atoms. The zero-order valence-electron chi connectivity index (χ0n) is 23.8. The van der Waals surface area contributed by atoms with Gasteiger partial charge in [-0.05, 0) is 40.5 Å². The van der Waals surface area contributed by atoms with Gasteiger partial charge in [0, 0.05) is 29.2 Å². The third kappa shape index (κ3) is 5.83. The summed E-state index contributed by atoms with van der Waals surface area (Å²) in [7, 11) is 0. The Morgan fingerprint density at radius 2 is 1.49 bits per heavy atom. The van der Waals surface area contributed by atoms with Crippen molar-refractivity contribution in [1.82, 2.24) is 14.5 Å². The second-order valence-electron chi connectivity index (χ2n) is 10.9. The first kappa shape index (κ1) is 28.7. The van der Waals surface area contributed by atoms with Gasteiger partial charge in [0.05, 0.1) is 5.82 Å². The Morgan fingerprint density at radius 1 is 0.780 bits per heavy atom. The molecule has 0 amide bonds. The van der Waals surface area contributed by atoms with Gasteiger partial charge in [-0.3, -0.25) is 4.98 Å². The topological polar surface area (TPSA) is 30.7 Å². The van der Waals surface area contributed by atoms with Crippen molar-refractivity contribution in [2.24, 2.45) is 0 Å². The number of para-hydroxylation sites is 1. The molecule has 0 N–H and O–H groups in total. The molecule has 0 atom stereocenters. The molecule has 0 bridgehead atoms. The standard InChI is InChI=1S/C37H33N3.Pt/c1-25(2)31-18-11-19-32(26(3)4)36(31)40-21-20-38-37(40)30-16-10-12-27(22-30)23-35-33-17-9-8-15-29(33)24-34(39-35)28-13-6-5-7-14-28;/h5-13,15-21,24-26H,23H2,1-4H3;/q-2;+2. The molecule has 6 aromatic rings. The van der Waals surface area contributed by atoms with Crippen LogP contribution in [0.1, 0.15) is 61.9 Å². The van der Waals surface area contributed by atoms with Gasteiger partial charge in [-0.15, -0.1) is 71.3 Å². The predicted octanol–water partition coefficient (Wildman–Crippen LogP) is 9.19. The summed E-state index contributed by atoms with van der Waals surface area (Å²) in [6.45, 7) is 9.02. The molecule has 0 aliphatic heterocycles. The first-order valence-electron chi connectivity index (χ1n) is 14.0. The van der Waals surface area contributed by atoms with E-state index in [2.05, 4.69) is 123 Å². The van der Waals surface area contributed by atoms with E-state index < -0.39 is 0 Å². The van der Waals surface area contributed by atoms with Gasteiger partial charge in [0.1, 0.15) is 0 Å². The van der Waals surface area contributed by atoms with Crippen molar-refractivity contribution in [2.45, 2.75) is 46.0 Å². The summed E-state index contributed by atoms with van der Waals surface area (Å²) in [5.74, 6) is 1.70. The monoisotopic (exact) mass is 714 g/mol. The fraction of sp³-hybridized carbons (Fsp3) is 0.189. The number of imidazole rings is 1. The van der Waals surface area contributed by atoms with Gasteiger partial charge in [-0.2, -0.15) is 0 Å². The fourth-order valence-corrected chi connectivity index (χ4v) is 5.50. The van der Waals surface area contributed by atoms with Crippen molar-refractivity contribution >= 4 is 10.8 Å². The molecule has 4 heteroatoms. The molecule has 0 spiro atoms. The van der Waals surface area contributed by atoms with Crippen molar-refractivity contribution < 1.29 is 21.1 Å². The van der Waals surface area contributed by atoms with Gasteiger partial charge in [-0.1, -0.05) is 76.2 Å². The van der Waals surface area contributed by atoms with E-state index in [4.69, 9.17) is 9.97 Å². The second-order valence-corrected chi connectivity index (χ2v) is 10.9. The first-order chi connectivity index (χ1) is 19.5. The van der Waals surface area contributed by atoms with Crippen molar-refractivity contribution in [3.8, 4) is 28.3 Å². The molecule has 206 valence electrons. The summed E-state index contributed by atoms with van der Waals surface area (Å²) in [5, 5.41) is 2.34. The number of pyridine rings is 1. The normalized spacial score (nSPS) is 11.3.